The van der Waals surface area contributed by atoms with Gasteiger partial charge in [0.1, 0.15) is 0 Å². The fourth-order valence-electron chi connectivity index (χ4n) is 3.08. The number of hydrogen-bond donors (Lipinski definition) is 2. The van der Waals surface area contributed by atoms with Crippen LogP contribution in [0.5, 0.6) is 0 Å². The number of benzene rings is 3. The lowest BCUT2D eigenvalue weighted by molar-refractivity contribution is -0.113. The van der Waals surface area contributed by atoms with Crippen molar-refractivity contribution in [1.82, 2.24) is 0 Å². The van der Waals surface area contributed by atoms with Gasteiger partial charge in [0.05, 0.1) is 5.75 Å². The molecule has 0 aliphatic carbocycles. The van der Waals surface area contributed by atoms with Crippen molar-refractivity contribution in [3.05, 3.63) is 89.0 Å². The molecule has 2 amide bonds. The number of carbonyl (C=O) groups excluding carboxylic acids is 2. The first-order chi connectivity index (χ1) is 13.9. The Morgan fingerprint density at radius 1 is 0.793 bits per heavy atom. The van der Waals surface area contributed by atoms with Crippen LogP contribution in [0.3, 0.4) is 0 Å². The summed E-state index contributed by atoms with van der Waals surface area (Å²) in [5, 5.41) is 5.87. The van der Waals surface area contributed by atoms with E-state index in [4.69, 9.17) is 0 Å². The van der Waals surface area contributed by atoms with E-state index >= 15 is 0 Å². The van der Waals surface area contributed by atoms with Crippen LogP contribution in [0, 0.1) is 20.8 Å². The first-order valence-electron chi connectivity index (χ1n) is 9.39. The van der Waals surface area contributed by atoms with Gasteiger partial charge in [-0.25, -0.2) is 0 Å². The summed E-state index contributed by atoms with van der Waals surface area (Å²) >= 11 is 1.43. The van der Waals surface area contributed by atoms with E-state index in [-0.39, 0.29) is 11.8 Å². The van der Waals surface area contributed by atoms with E-state index in [1.54, 1.807) is 6.07 Å². The number of aryl methyl sites for hydroxylation is 3. The van der Waals surface area contributed by atoms with Gasteiger partial charge in [0.25, 0.3) is 5.91 Å². The molecule has 0 unspecified atom stereocenters. The topological polar surface area (TPSA) is 58.2 Å². The number of hydrogen-bond acceptors (Lipinski definition) is 3. The Morgan fingerprint density at radius 2 is 1.52 bits per heavy atom. The molecule has 0 radical (unpaired) electrons. The van der Waals surface area contributed by atoms with Gasteiger partial charge < -0.3 is 10.6 Å². The smallest absolute Gasteiger partial charge is 0.255 e. The Kier molecular flexibility index (Phi) is 6.73. The minimum absolute atomic E-state index is 0.0608. The first kappa shape index (κ1) is 20.7. The lowest BCUT2D eigenvalue weighted by Crippen LogP contribution is -2.14. The molecular formula is C24H24N2O2S. The lowest BCUT2D eigenvalue weighted by atomic mass is 10.1. The molecule has 29 heavy (non-hydrogen) atoms. The van der Waals surface area contributed by atoms with Gasteiger partial charge >= 0.3 is 0 Å². The van der Waals surface area contributed by atoms with Crippen molar-refractivity contribution in [2.45, 2.75) is 25.7 Å². The minimum atomic E-state index is -0.141. The van der Waals surface area contributed by atoms with Crippen molar-refractivity contribution in [3.63, 3.8) is 0 Å². The van der Waals surface area contributed by atoms with E-state index in [1.165, 1.54) is 11.8 Å². The van der Waals surface area contributed by atoms with Crippen LogP contribution < -0.4 is 10.6 Å². The van der Waals surface area contributed by atoms with Crippen LogP contribution in [0.1, 0.15) is 27.0 Å². The molecule has 0 atom stereocenters. The summed E-state index contributed by atoms with van der Waals surface area (Å²) < 4.78 is 0. The number of nitrogens with one attached hydrogen (secondary N) is 2. The van der Waals surface area contributed by atoms with E-state index in [2.05, 4.69) is 16.7 Å². The van der Waals surface area contributed by atoms with Crippen molar-refractivity contribution >= 4 is 35.0 Å². The van der Waals surface area contributed by atoms with Gasteiger partial charge in [0.2, 0.25) is 5.91 Å². The zero-order chi connectivity index (χ0) is 20.8. The van der Waals surface area contributed by atoms with Crippen LogP contribution in [0.4, 0.5) is 11.4 Å². The van der Waals surface area contributed by atoms with E-state index in [0.29, 0.717) is 17.0 Å². The summed E-state index contributed by atoms with van der Waals surface area (Å²) in [6.45, 7) is 5.93. The standard InChI is InChI=1S/C24H24N2O2S/c1-16-11-17(2)13-20(12-16)25-23(27)15-29-21-9-6-8-19(14-21)26-24(28)22-10-5-4-7-18(22)3/h4-14H,15H2,1-3H3,(H,25,27)(H,26,28). The third-order valence-corrected chi connectivity index (χ3v) is 5.35. The van der Waals surface area contributed by atoms with Crippen LogP contribution in [0.15, 0.2) is 71.6 Å². The fourth-order valence-corrected chi connectivity index (χ4v) is 3.84. The summed E-state index contributed by atoms with van der Waals surface area (Å²) in [6, 6.07) is 21.0. The van der Waals surface area contributed by atoms with E-state index in [9.17, 15) is 9.59 Å². The van der Waals surface area contributed by atoms with Crippen molar-refractivity contribution in [1.29, 1.82) is 0 Å². The number of carbonyl (C=O) groups is 2. The average molecular weight is 405 g/mol. The van der Waals surface area contributed by atoms with Gasteiger partial charge in [0, 0.05) is 21.8 Å². The molecule has 0 aliphatic rings. The molecule has 0 saturated heterocycles. The highest BCUT2D eigenvalue weighted by atomic mass is 32.2. The van der Waals surface area contributed by atoms with Gasteiger partial charge in [-0.3, -0.25) is 9.59 Å². The predicted molar refractivity (Wildman–Crippen MR) is 121 cm³/mol. The minimum Gasteiger partial charge on any atom is -0.325 e. The lowest BCUT2D eigenvalue weighted by Gasteiger charge is -2.10. The molecule has 3 rings (SSSR count). The third kappa shape index (κ3) is 5.96. The maximum atomic E-state index is 12.5. The summed E-state index contributed by atoms with van der Waals surface area (Å²) in [5.41, 5.74) is 5.33. The third-order valence-electron chi connectivity index (χ3n) is 4.36. The van der Waals surface area contributed by atoms with E-state index in [1.807, 2.05) is 75.4 Å². The highest BCUT2D eigenvalue weighted by molar-refractivity contribution is 8.00. The molecular weight excluding hydrogens is 380 g/mol. The van der Waals surface area contributed by atoms with Gasteiger partial charge in [-0.1, -0.05) is 30.3 Å². The SMILES string of the molecule is Cc1cc(C)cc(NC(=O)CSc2cccc(NC(=O)c3ccccc3C)c2)c1. The van der Waals surface area contributed by atoms with Crippen molar-refractivity contribution in [2.75, 3.05) is 16.4 Å². The molecule has 148 valence electrons. The average Bonchev–Trinajstić information content (AvgIpc) is 2.66. The molecule has 4 nitrogen and oxygen atoms in total. The highest BCUT2D eigenvalue weighted by Gasteiger charge is 2.10. The zero-order valence-corrected chi connectivity index (χ0v) is 17.6. The first-order valence-corrected chi connectivity index (χ1v) is 10.4. The second kappa shape index (κ2) is 9.43. The maximum absolute atomic E-state index is 12.5. The van der Waals surface area contributed by atoms with Crippen molar-refractivity contribution < 1.29 is 9.59 Å². The Hall–Kier alpha value is -3.05. The van der Waals surface area contributed by atoms with Crippen molar-refractivity contribution in [2.24, 2.45) is 0 Å². The highest BCUT2D eigenvalue weighted by Crippen LogP contribution is 2.23. The molecule has 0 spiro atoms. The molecule has 5 heteroatoms. The monoisotopic (exact) mass is 404 g/mol. The Labute approximate surface area is 175 Å². The number of amides is 2. The largest absolute Gasteiger partial charge is 0.325 e. The molecule has 0 aromatic heterocycles. The summed E-state index contributed by atoms with van der Waals surface area (Å²) in [6.07, 6.45) is 0. The molecule has 0 bridgehead atoms. The summed E-state index contributed by atoms with van der Waals surface area (Å²) in [5.74, 6) is 0.0921. The van der Waals surface area contributed by atoms with E-state index in [0.717, 1.165) is 27.3 Å². The van der Waals surface area contributed by atoms with Gasteiger partial charge in [-0.15, -0.1) is 11.8 Å². The molecule has 0 saturated carbocycles. The summed E-state index contributed by atoms with van der Waals surface area (Å²) in [4.78, 5) is 25.7. The van der Waals surface area contributed by atoms with Crippen LogP contribution in [0.2, 0.25) is 0 Å². The molecule has 3 aromatic rings. The number of rotatable bonds is 6. The molecule has 2 N–H and O–H groups in total. The van der Waals surface area contributed by atoms with Crippen LogP contribution >= 0.6 is 11.8 Å². The molecule has 0 heterocycles. The van der Waals surface area contributed by atoms with Crippen LogP contribution in [0.25, 0.3) is 0 Å². The normalized spacial score (nSPS) is 10.4. The quantitative estimate of drug-likeness (QED) is 0.526. The van der Waals surface area contributed by atoms with Crippen LogP contribution in [-0.4, -0.2) is 17.6 Å². The zero-order valence-electron chi connectivity index (χ0n) is 16.8. The Balaban J connectivity index is 1.59. The number of anilines is 2. The van der Waals surface area contributed by atoms with Gasteiger partial charge in [-0.05, 0) is 73.9 Å². The molecule has 0 fully saturated rings. The van der Waals surface area contributed by atoms with Crippen LogP contribution in [-0.2, 0) is 4.79 Å². The Bertz CT molecular complexity index is 1030. The van der Waals surface area contributed by atoms with E-state index < -0.39 is 0 Å². The fraction of sp³-hybridized carbons (Fsp3) is 0.167. The number of thioether (sulfide) groups is 1. The van der Waals surface area contributed by atoms with Gasteiger partial charge in [-0.2, -0.15) is 0 Å². The second-order valence-corrected chi connectivity index (χ2v) is 8.06. The Morgan fingerprint density at radius 3 is 2.24 bits per heavy atom. The second-order valence-electron chi connectivity index (χ2n) is 7.01. The summed E-state index contributed by atoms with van der Waals surface area (Å²) in [7, 11) is 0. The van der Waals surface area contributed by atoms with Gasteiger partial charge in [0.15, 0.2) is 0 Å². The molecule has 0 aliphatic heterocycles. The van der Waals surface area contributed by atoms with Crippen molar-refractivity contribution in [3.8, 4) is 0 Å². The molecule has 3 aromatic carbocycles. The predicted octanol–water partition coefficient (Wildman–Crippen LogP) is 5.59. The maximum Gasteiger partial charge on any atom is 0.255 e.